The summed E-state index contributed by atoms with van der Waals surface area (Å²) in [5.74, 6) is 2.08. The van der Waals surface area contributed by atoms with Crippen molar-refractivity contribution >= 4 is 5.97 Å². The zero-order valence-corrected chi connectivity index (χ0v) is 14.5. The Morgan fingerprint density at radius 3 is 2.26 bits per heavy atom. The lowest BCUT2D eigenvalue weighted by Crippen LogP contribution is -2.32. The Hall–Kier alpha value is -1.35. The van der Waals surface area contributed by atoms with Crippen LogP contribution >= 0.6 is 0 Å². The quantitative estimate of drug-likeness (QED) is 0.668. The highest BCUT2D eigenvalue weighted by molar-refractivity contribution is 5.76. The van der Waals surface area contributed by atoms with Gasteiger partial charge in [0, 0.05) is 12.1 Å². The van der Waals surface area contributed by atoms with E-state index in [1.165, 1.54) is 31.2 Å². The summed E-state index contributed by atoms with van der Waals surface area (Å²) in [4.78, 5) is 12.3. The van der Waals surface area contributed by atoms with Gasteiger partial charge in [-0.3, -0.25) is 4.79 Å². The van der Waals surface area contributed by atoms with E-state index in [2.05, 4.69) is 38.2 Å². The van der Waals surface area contributed by atoms with Crippen molar-refractivity contribution in [1.82, 2.24) is 5.32 Å². The van der Waals surface area contributed by atoms with Crippen molar-refractivity contribution < 1.29 is 9.53 Å². The summed E-state index contributed by atoms with van der Waals surface area (Å²) >= 11 is 0. The molecule has 1 saturated heterocycles. The Kier molecular flexibility index (Phi) is 5.05. The van der Waals surface area contributed by atoms with E-state index >= 15 is 0 Å². The fourth-order valence-electron chi connectivity index (χ4n) is 4.11. The average Bonchev–Trinajstić information content (AvgIpc) is 2.88. The van der Waals surface area contributed by atoms with Gasteiger partial charge in [-0.15, -0.1) is 0 Å². The second kappa shape index (κ2) is 7.04. The molecule has 1 aromatic carbocycles. The third kappa shape index (κ3) is 3.95. The Morgan fingerprint density at radius 1 is 1.04 bits per heavy atom. The van der Waals surface area contributed by atoms with E-state index in [9.17, 15) is 4.79 Å². The highest BCUT2D eigenvalue weighted by atomic mass is 16.5. The number of carbonyl (C=O) groups is 1. The molecule has 23 heavy (non-hydrogen) atoms. The summed E-state index contributed by atoms with van der Waals surface area (Å²) in [7, 11) is 0. The van der Waals surface area contributed by atoms with Gasteiger partial charge in [-0.1, -0.05) is 31.9 Å². The van der Waals surface area contributed by atoms with Crippen LogP contribution in [-0.2, 0) is 4.79 Å². The van der Waals surface area contributed by atoms with Crippen LogP contribution in [0.4, 0.5) is 0 Å². The van der Waals surface area contributed by atoms with Crippen molar-refractivity contribution in [3.05, 3.63) is 29.8 Å². The van der Waals surface area contributed by atoms with Crippen molar-refractivity contribution in [2.24, 2.45) is 11.8 Å². The van der Waals surface area contributed by atoms with E-state index in [-0.39, 0.29) is 17.9 Å². The van der Waals surface area contributed by atoms with Crippen molar-refractivity contribution in [2.75, 3.05) is 0 Å². The summed E-state index contributed by atoms with van der Waals surface area (Å²) in [6, 6.07) is 8.79. The predicted octanol–water partition coefficient (Wildman–Crippen LogP) is 4.27. The number of ether oxygens (including phenoxy) is 1. The van der Waals surface area contributed by atoms with E-state index in [1.54, 1.807) is 0 Å². The van der Waals surface area contributed by atoms with E-state index in [4.69, 9.17) is 4.74 Å². The van der Waals surface area contributed by atoms with Gasteiger partial charge in [-0.05, 0) is 62.6 Å². The zero-order chi connectivity index (χ0) is 16.4. The second-order valence-corrected chi connectivity index (χ2v) is 7.65. The highest BCUT2D eigenvalue weighted by Gasteiger charge is 2.34. The first-order chi connectivity index (χ1) is 11.0. The molecule has 3 heteroatoms. The molecule has 3 nitrogen and oxygen atoms in total. The molecule has 0 aromatic heterocycles. The Balaban J connectivity index is 1.58. The minimum absolute atomic E-state index is 0.0375. The van der Waals surface area contributed by atoms with Crippen LogP contribution in [-0.4, -0.2) is 18.1 Å². The van der Waals surface area contributed by atoms with Crippen LogP contribution in [0.25, 0.3) is 0 Å². The van der Waals surface area contributed by atoms with E-state index < -0.39 is 0 Å². The fourth-order valence-corrected chi connectivity index (χ4v) is 4.11. The molecule has 1 aliphatic carbocycles. The summed E-state index contributed by atoms with van der Waals surface area (Å²) in [5, 5.41) is 3.39. The van der Waals surface area contributed by atoms with E-state index in [0.717, 1.165) is 12.3 Å². The lowest BCUT2D eigenvalue weighted by molar-refractivity contribution is -0.139. The smallest absolute Gasteiger partial charge is 0.315 e. The zero-order valence-electron chi connectivity index (χ0n) is 14.5. The first-order valence-corrected chi connectivity index (χ1v) is 9.10. The van der Waals surface area contributed by atoms with Gasteiger partial charge in [0.15, 0.2) is 0 Å². The van der Waals surface area contributed by atoms with Crippen LogP contribution in [0.3, 0.4) is 0 Å². The summed E-state index contributed by atoms with van der Waals surface area (Å²) < 4.78 is 5.60. The number of hydrogen-bond donors (Lipinski definition) is 1. The number of carbonyl (C=O) groups excluding carboxylic acids is 1. The van der Waals surface area contributed by atoms with Crippen LogP contribution in [0.1, 0.15) is 64.4 Å². The van der Waals surface area contributed by atoms with Gasteiger partial charge in [0.2, 0.25) is 0 Å². The number of rotatable bonds is 3. The maximum atomic E-state index is 12.3. The van der Waals surface area contributed by atoms with Gasteiger partial charge in [-0.2, -0.15) is 0 Å². The molecule has 2 aliphatic rings. The minimum Gasteiger partial charge on any atom is -0.426 e. The lowest BCUT2D eigenvalue weighted by Gasteiger charge is -2.26. The van der Waals surface area contributed by atoms with Gasteiger partial charge in [0.25, 0.3) is 0 Å². The van der Waals surface area contributed by atoms with Crippen LogP contribution < -0.4 is 10.1 Å². The number of benzene rings is 1. The van der Waals surface area contributed by atoms with Crippen LogP contribution in [0.5, 0.6) is 5.75 Å². The standard InChI is InChI=1S/C20H29NO2/c1-13-4-6-16(7-5-13)17-8-10-18(11-9-17)23-20(22)19-12-14(2)21-15(19)3/h8-11,13-16,19,21H,4-7,12H2,1-3H3. The van der Waals surface area contributed by atoms with Crippen molar-refractivity contribution in [1.29, 1.82) is 0 Å². The molecule has 0 spiro atoms. The average molecular weight is 315 g/mol. The Morgan fingerprint density at radius 2 is 1.70 bits per heavy atom. The Labute approximate surface area is 139 Å². The summed E-state index contributed by atoms with van der Waals surface area (Å²) in [6.07, 6.45) is 6.07. The predicted molar refractivity (Wildman–Crippen MR) is 92.6 cm³/mol. The molecule has 126 valence electrons. The second-order valence-electron chi connectivity index (χ2n) is 7.65. The van der Waals surface area contributed by atoms with Crippen LogP contribution in [0.15, 0.2) is 24.3 Å². The van der Waals surface area contributed by atoms with Gasteiger partial charge < -0.3 is 10.1 Å². The molecular weight excluding hydrogens is 286 g/mol. The largest absolute Gasteiger partial charge is 0.426 e. The first kappa shape index (κ1) is 16.5. The SMILES string of the molecule is CC1CCC(c2ccc(OC(=O)C3CC(C)NC3C)cc2)CC1. The van der Waals surface area contributed by atoms with E-state index in [1.807, 2.05) is 12.1 Å². The Bertz CT molecular complexity index is 531. The van der Waals surface area contributed by atoms with Gasteiger partial charge in [0.1, 0.15) is 5.75 Å². The molecule has 1 saturated carbocycles. The van der Waals surface area contributed by atoms with Crippen LogP contribution in [0, 0.1) is 11.8 Å². The van der Waals surface area contributed by atoms with Gasteiger partial charge in [-0.25, -0.2) is 0 Å². The molecule has 0 amide bonds. The monoisotopic (exact) mass is 315 g/mol. The minimum atomic E-state index is -0.103. The van der Waals surface area contributed by atoms with Crippen LogP contribution in [0.2, 0.25) is 0 Å². The number of nitrogens with one attached hydrogen (secondary N) is 1. The number of esters is 1. The molecule has 1 heterocycles. The third-order valence-corrected chi connectivity index (χ3v) is 5.65. The molecule has 1 aliphatic heterocycles. The fraction of sp³-hybridized carbons (Fsp3) is 0.650. The van der Waals surface area contributed by atoms with Crippen molar-refractivity contribution in [3.8, 4) is 5.75 Å². The summed E-state index contributed by atoms with van der Waals surface area (Å²) in [6.45, 7) is 6.52. The topological polar surface area (TPSA) is 38.3 Å². The highest BCUT2D eigenvalue weighted by Crippen LogP contribution is 2.36. The first-order valence-electron chi connectivity index (χ1n) is 9.10. The molecule has 0 bridgehead atoms. The molecule has 2 fully saturated rings. The number of hydrogen-bond acceptors (Lipinski definition) is 3. The molecule has 0 radical (unpaired) electrons. The van der Waals surface area contributed by atoms with Gasteiger partial charge >= 0.3 is 5.97 Å². The van der Waals surface area contributed by atoms with Crippen molar-refractivity contribution in [2.45, 2.75) is 70.9 Å². The van der Waals surface area contributed by atoms with Crippen molar-refractivity contribution in [3.63, 3.8) is 0 Å². The molecule has 1 aromatic rings. The van der Waals surface area contributed by atoms with E-state index in [0.29, 0.717) is 17.7 Å². The molecule has 1 N–H and O–H groups in total. The molecule has 3 rings (SSSR count). The summed E-state index contributed by atoms with van der Waals surface area (Å²) in [5.41, 5.74) is 1.39. The maximum absolute atomic E-state index is 12.3. The molecule has 3 atom stereocenters. The normalized spacial score (nSPS) is 34.3. The molecular formula is C20H29NO2. The molecule has 3 unspecified atom stereocenters. The van der Waals surface area contributed by atoms with Gasteiger partial charge in [0.05, 0.1) is 5.92 Å². The third-order valence-electron chi connectivity index (χ3n) is 5.65. The maximum Gasteiger partial charge on any atom is 0.315 e. The lowest BCUT2D eigenvalue weighted by atomic mass is 9.79.